The average Bonchev–Trinajstić information content (AvgIpc) is 3.11. The van der Waals surface area contributed by atoms with Crippen LogP contribution >= 0.6 is 0 Å². The number of benzene rings is 2. The van der Waals surface area contributed by atoms with Crippen LogP contribution < -0.4 is 5.32 Å². The van der Waals surface area contributed by atoms with Crippen LogP contribution in [0.5, 0.6) is 0 Å². The fourth-order valence-corrected chi connectivity index (χ4v) is 2.87. The van der Waals surface area contributed by atoms with E-state index in [9.17, 15) is 4.79 Å². The molecule has 0 saturated heterocycles. The largest absolute Gasteiger partial charge is 0.355 e. The molecule has 4 rings (SSSR count). The summed E-state index contributed by atoms with van der Waals surface area (Å²) in [5.41, 5.74) is 5.51. The zero-order valence-electron chi connectivity index (χ0n) is 13.7. The molecule has 0 spiro atoms. The van der Waals surface area contributed by atoms with E-state index in [1.165, 1.54) is 0 Å². The molecule has 0 radical (unpaired) electrons. The average molecular weight is 328 g/mol. The van der Waals surface area contributed by atoms with Crippen LogP contribution in [-0.4, -0.2) is 27.5 Å². The van der Waals surface area contributed by atoms with E-state index in [0.717, 1.165) is 27.8 Å². The second-order valence-corrected chi connectivity index (χ2v) is 5.69. The summed E-state index contributed by atoms with van der Waals surface area (Å²) in [7, 11) is 1.62. The van der Waals surface area contributed by atoms with Gasteiger partial charge >= 0.3 is 0 Å². The highest BCUT2D eigenvalue weighted by Gasteiger charge is 2.09. The molecule has 1 amide bonds. The second-order valence-electron chi connectivity index (χ2n) is 5.69. The standard InChI is InChI=1S/C20H16N4O/c1-21-20(25)15-7-8-19-18(11-15)23-13-24(19)17-6-2-4-14(10-17)16-5-3-9-22-12-16/h2-13H,1H3,(H,21,25). The van der Waals surface area contributed by atoms with Crippen LogP contribution in [0.2, 0.25) is 0 Å². The van der Waals surface area contributed by atoms with Gasteiger partial charge in [-0.3, -0.25) is 14.3 Å². The van der Waals surface area contributed by atoms with Crippen LogP contribution in [-0.2, 0) is 0 Å². The Morgan fingerprint density at radius 3 is 2.72 bits per heavy atom. The number of nitrogens with zero attached hydrogens (tertiary/aromatic N) is 3. The zero-order chi connectivity index (χ0) is 17.2. The first-order chi connectivity index (χ1) is 12.3. The molecule has 0 saturated carbocycles. The molecular formula is C20H16N4O. The summed E-state index contributed by atoms with van der Waals surface area (Å²) >= 11 is 0. The number of nitrogens with one attached hydrogen (secondary N) is 1. The smallest absolute Gasteiger partial charge is 0.251 e. The molecule has 2 aromatic carbocycles. The number of pyridine rings is 1. The highest BCUT2D eigenvalue weighted by Crippen LogP contribution is 2.24. The Labute approximate surface area is 145 Å². The topological polar surface area (TPSA) is 59.8 Å². The quantitative estimate of drug-likeness (QED) is 0.626. The summed E-state index contributed by atoms with van der Waals surface area (Å²) < 4.78 is 2.02. The SMILES string of the molecule is CNC(=O)c1ccc2c(c1)ncn2-c1cccc(-c2cccnc2)c1. The molecule has 2 aromatic heterocycles. The summed E-state index contributed by atoms with van der Waals surface area (Å²) in [6.07, 6.45) is 5.39. The predicted octanol–water partition coefficient (Wildman–Crippen LogP) is 3.45. The Morgan fingerprint density at radius 2 is 1.92 bits per heavy atom. The predicted molar refractivity (Wildman–Crippen MR) is 97.7 cm³/mol. The molecule has 0 atom stereocenters. The number of imidazole rings is 1. The lowest BCUT2D eigenvalue weighted by Crippen LogP contribution is -2.17. The van der Waals surface area contributed by atoms with E-state index in [0.29, 0.717) is 5.56 Å². The van der Waals surface area contributed by atoms with Crippen molar-refractivity contribution in [1.82, 2.24) is 19.9 Å². The third-order valence-corrected chi connectivity index (χ3v) is 4.16. The van der Waals surface area contributed by atoms with E-state index < -0.39 is 0 Å². The number of carbonyl (C=O) groups is 1. The van der Waals surface area contributed by atoms with Crippen molar-refractivity contribution in [2.24, 2.45) is 0 Å². The van der Waals surface area contributed by atoms with Gasteiger partial charge in [-0.1, -0.05) is 18.2 Å². The van der Waals surface area contributed by atoms with E-state index in [2.05, 4.69) is 27.4 Å². The molecule has 122 valence electrons. The van der Waals surface area contributed by atoms with E-state index >= 15 is 0 Å². The lowest BCUT2D eigenvalue weighted by atomic mass is 10.1. The molecule has 25 heavy (non-hydrogen) atoms. The molecule has 4 aromatic rings. The van der Waals surface area contributed by atoms with Crippen molar-refractivity contribution < 1.29 is 4.79 Å². The molecule has 0 aliphatic heterocycles. The lowest BCUT2D eigenvalue weighted by molar-refractivity contribution is 0.0963. The molecule has 5 nitrogen and oxygen atoms in total. The number of hydrogen-bond donors (Lipinski definition) is 1. The monoisotopic (exact) mass is 328 g/mol. The molecule has 1 N–H and O–H groups in total. The maximum atomic E-state index is 11.8. The molecule has 2 heterocycles. The van der Waals surface area contributed by atoms with Gasteiger partial charge in [-0.15, -0.1) is 0 Å². The Balaban J connectivity index is 1.79. The third kappa shape index (κ3) is 2.76. The first-order valence-electron chi connectivity index (χ1n) is 7.96. The van der Waals surface area contributed by atoms with Crippen molar-refractivity contribution in [1.29, 1.82) is 0 Å². The minimum atomic E-state index is -0.116. The van der Waals surface area contributed by atoms with Crippen LogP contribution in [0.15, 0.2) is 73.3 Å². The van der Waals surface area contributed by atoms with E-state index in [-0.39, 0.29) is 5.91 Å². The van der Waals surface area contributed by atoms with Gasteiger partial charge in [0.2, 0.25) is 0 Å². The summed E-state index contributed by atoms with van der Waals surface area (Å²) in [4.78, 5) is 20.4. The van der Waals surface area contributed by atoms with Gasteiger partial charge in [0.05, 0.1) is 11.0 Å². The fourth-order valence-electron chi connectivity index (χ4n) is 2.87. The molecule has 0 aliphatic carbocycles. The van der Waals surface area contributed by atoms with Crippen molar-refractivity contribution in [3.05, 3.63) is 78.9 Å². The van der Waals surface area contributed by atoms with E-state index in [1.807, 2.05) is 47.2 Å². The maximum Gasteiger partial charge on any atom is 0.251 e. The van der Waals surface area contributed by atoms with Gasteiger partial charge in [0, 0.05) is 36.3 Å². The molecule has 0 fully saturated rings. The first-order valence-corrected chi connectivity index (χ1v) is 7.96. The summed E-state index contributed by atoms with van der Waals surface area (Å²) in [6.45, 7) is 0. The summed E-state index contributed by atoms with van der Waals surface area (Å²) in [6, 6.07) is 17.7. The number of hydrogen-bond acceptors (Lipinski definition) is 3. The van der Waals surface area contributed by atoms with Crippen LogP contribution in [0.3, 0.4) is 0 Å². The fraction of sp³-hybridized carbons (Fsp3) is 0.0500. The summed E-state index contributed by atoms with van der Waals surface area (Å²) in [5, 5.41) is 2.63. The van der Waals surface area contributed by atoms with Gasteiger partial charge in [-0.2, -0.15) is 0 Å². The number of amides is 1. The van der Waals surface area contributed by atoms with E-state index in [1.54, 1.807) is 25.6 Å². The Hall–Kier alpha value is -3.47. The Kier molecular flexibility index (Phi) is 3.74. The number of rotatable bonds is 3. The molecule has 5 heteroatoms. The molecule has 0 unspecified atom stereocenters. The Bertz CT molecular complexity index is 1050. The number of aromatic nitrogens is 3. The minimum absolute atomic E-state index is 0.116. The third-order valence-electron chi connectivity index (χ3n) is 4.16. The lowest BCUT2D eigenvalue weighted by Gasteiger charge is -2.08. The normalized spacial score (nSPS) is 10.8. The van der Waals surface area contributed by atoms with Gasteiger partial charge in [-0.25, -0.2) is 4.98 Å². The van der Waals surface area contributed by atoms with Gasteiger partial charge in [0.25, 0.3) is 5.91 Å². The van der Waals surface area contributed by atoms with Crippen molar-refractivity contribution in [2.75, 3.05) is 7.05 Å². The zero-order valence-corrected chi connectivity index (χ0v) is 13.7. The Morgan fingerprint density at radius 1 is 1.04 bits per heavy atom. The maximum absolute atomic E-state index is 11.8. The van der Waals surface area contributed by atoms with Crippen LogP contribution in [0.25, 0.3) is 27.8 Å². The van der Waals surface area contributed by atoms with E-state index in [4.69, 9.17) is 0 Å². The van der Waals surface area contributed by atoms with Gasteiger partial charge < -0.3 is 5.32 Å². The van der Waals surface area contributed by atoms with Gasteiger partial charge in [0.15, 0.2) is 0 Å². The summed E-state index contributed by atoms with van der Waals surface area (Å²) in [5.74, 6) is -0.116. The number of fused-ring (bicyclic) bond motifs is 1. The second kappa shape index (κ2) is 6.20. The van der Waals surface area contributed by atoms with Crippen molar-refractivity contribution >= 4 is 16.9 Å². The van der Waals surface area contributed by atoms with Crippen molar-refractivity contribution in [3.8, 4) is 16.8 Å². The van der Waals surface area contributed by atoms with Crippen molar-refractivity contribution in [2.45, 2.75) is 0 Å². The molecular weight excluding hydrogens is 312 g/mol. The van der Waals surface area contributed by atoms with Gasteiger partial charge in [-0.05, 0) is 42.0 Å². The highest BCUT2D eigenvalue weighted by atomic mass is 16.1. The van der Waals surface area contributed by atoms with Crippen molar-refractivity contribution in [3.63, 3.8) is 0 Å². The van der Waals surface area contributed by atoms with Crippen LogP contribution in [0.1, 0.15) is 10.4 Å². The van der Waals surface area contributed by atoms with Gasteiger partial charge in [0.1, 0.15) is 6.33 Å². The van der Waals surface area contributed by atoms with Crippen LogP contribution in [0.4, 0.5) is 0 Å². The van der Waals surface area contributed by atoms with Crippen LogP contribution in [0, 0.1) is 0 Å². The highest BCUT2D eigenvalue weighted by molar-refractivity contribution is 5.97. The first kappa shape index (κ1) is 15.1. The molecule has 0 bridgehead atoms. The molecule has 0 aliphatic rings. The number of carbonyl (C=O) groups excluding carboxylic acids is 1. The minimum Gasteiger partial charge on any atom is -0.355 e.